The van der Waals surface area contributed by atoms with Gasteiger partial charge >= 0.3 is 0 Å². The summed E-state index contributed by atoms with van der Waals surface area (Å²) < 4.78 is 0. The van der Waals surface area contributed by atoms with Crippen LogP contribution in [0.2, 0.25) is 0 Å². The van der Waals surface area contributed by atoms with Crippen molar-refractivity contribution in [2.24, 2.45) is 5.92 Å². The van der Waals surface area contributed by atoms with Crippen molar-refractivity contribution in [2.45, 2.75) is 51.5 Å². The van der Waals surface area contributed by atoms with Crippen LogP contribution >= 0.6 is 0 Å². The molecule has 3 fully saturated rings. The third-order valence-electron chi connectivity index (χ3n) is 6.50. The topological polar surface area (TPSA) is 43.9 Å². The quantitative estimate of drug-likeness (QED) is 0.820. The van der Waals surface area contributed by atoms with Gasteiger partial charge in [-0.15, -0.1) is 0 Å². The Morgan fingerprint density at radius 1 is 1.04 bits per heavy atom. The lowest BCUT2D eigenvalue weighted by atomic mass is 10.0. The van der Waals surface area contributed by atoms with E-state index in [4.69, 9.17) is 0 Å². The Bertz CT molecular complexity index is 681. The van der Waals surface area contributed by atoms with E-state index in [9.17, 15) is 9.59 Å². The molecule has 4 rings (SSSR count). The highest BCUT2D eigenvalue weighted by molar-refractivity contribution is 6.00. The molecule has 0 bridgehead atoms. The summed E-state index contributed by atoms with van der Waals surface area (Å²) in [6, 6.07) is 8.67. The Morgan fingerprint density at radius 2 is 1.78 bits per heavy atom. The molecular formula is C22H31N3O2. The van der Waals surface area contributed by atoms with Crippen LogP contribution in [0.1, 0.15) is 44.6 Å². The summed E-state index contributed by atoms with van der Waals surface area (Å²) in [7, 11) is 0. The van der Waals surface area contributed by atoms with Crippen molar-refractivity contribution in [1.29, 1.82) is 0 Å². The fourth-order valence-corrected chi connectivity index (χ4v) is 4.85. The first kappa shape index (κ1) is 18.5. The monoisotopic (exact) mass is 369 g/mol. The van der Waals surface area contributed by atoms with Crippen LogP contribution in [-0.4, -0.2) is 60.4 Å². The maximum absolute atomic E-state index is 13.1. The SMILES string of the molecule is CCc1ccc(N2CC(C(=O)N3CCCC(N4CCCC4)C3)CC2=O)cc1. The summed E-state index contributed by atoms with van der Waals surface area (Å²) in [6.07, 6.45) is 6.18. The molecule has 3 saturated heterocycles. The molecule has 1 aromatic rings. The molecule has 2 unspecified atom stereocenters. The number of piperidine rings is 1. The zero-order valence-electron chi connectivity index (χ0n) is 16.4. The Kier molecular flexibility index (Phi) is 5.48. The van der Waals surface area contributed by atoms with Crippen LogP contribution in [0.4, 0.5) is 5.69 Å². The second kappa shape index (κ2) is 8.01. The molecule has 5 nitrogen and oxygen atoms in total. The van der Waals surface area contributed by atoms with E-state index in [1.807, 2.05) is 17.0 Å². The standard InChI is InChI=1S/C22H31N3O2/c1-2-17-7-9-19(10-8-17)25-15-18(14-21(25)26)22(27)24-13-5-6-20(16-24)23-11-3-4-12-23/h7-10,18,20H,2-6,11-16H2,1H3. The number of carbonyl (C=O) groups excluding carboxylic acids is 2. The number of hydrogen-bond donors (Lipinski definition) is 0. The van der Waals surface area contributed by atoms with Gasteiger partial charge in [-0.2, -0.15) is 0 Å². The number of carbonyl (C=O) groups is 2. The van der Waals surface area contributed by atoms with Crippen LogP contribution in [-0.2, 0) is 16.0 Å². The van der Waals surface area contributed by atoms with E-state index in [1.54, 1.807) is 4.90 Å². The van der Waals surface area contributed by atoms with Gasteiger partial charge < -0.3 is 9.80 Å². The summed E-state index contributed by atoms with van der Waals surface area (Å²) in [5.41, 5.74) is 2.18. The highest BCUT2D eigenvalue weighted by Gasteiger charge is 2.39. The van der Waals surface area contributed by atoms with Gasteiger partial charge in [-0.3, -0.25) is 14.5 Å². The van der Waals surface area contributed by atoms with E-state index >= 15 is 0 Å². The number of amides is 2. The van der Waals surface area contributed by atoms with Crippen molar-refractivity contribution in [3.63, 3.8) is 0 Å². The largest absolute Gasteiger partial charge is 0.341 e. The fourth-order valence-electron chi connectivity index (χ4n) is 4.85. The second-order valence-electron chi connectivity index (χ2n) is 8.25. The van der Waals surface area contributed by atoms with Gasteiger partial charge in [0.1, 0.15) is 0 Å². The molecule has 1 aromatic carbocycles. The Labute approximate surface area is 162 Å². The molecule has 0 N–H and O–H groups in total. The molecule has 0 aliphatic carbocycles. The molecule has 0 radical (unpaired) electrons. The predicted octanol–water partition coefficient (Wildman–Crippen LogP) is 2.69. The maximum atomic E-state index is 13.1. The molecule has 3 heterocycles. The van der Waals surface area contributed by atoms with Crippen molar-refractivity contribution in [3.8, 4) is 0 Å². The Balaban J connectivity index is 1.39. The van der Waals surface area contributed by atoms with Gasteiger partial charge in [-0.1, -0.05) is 19.1 Å². The van der Waals surface area contributed by atoms with Gasteiger partial charge in [0.25, 0.3) is 0 Å². The fraction of sp³-hybridized carbons (Fsp3) is 0.636. The Morgan fingerprint density at radius 3 is 2.48 bits per heavy atom. The van der Waals surface area contributed by atoms with E-state index < -0.39 is 0 Å². The average molecular weight is 370 g/mol. The highest BCUT2D eigenvalue weighted by atomic mass is 16.2. The lowest BCUT2D eigenvalue weighted by Crippen LogP contribution is -2.50. The smallest absolute Gasteiger partial charge is 0.228 e. The van der Waals surface area contributed by atoms with Gasteiger partial charge in [0.05, 0.1) is 5.92 Å². The molecule has 2 amide bonds. The van der Waals surface area contributed by atoms with E-state index in [-0.39, 0.29) is 17.7 Å². The normalized spacial score (nSPS) is 26.8. The van der Waals surface area contributed by atoms with E-state index in [0.717, 1.165) is 31.6 Å². The van der Waals surface area contributed by atoms with Crippen molar-refractivity contribution < 1.29 is 9.59 Å². The van der Waals surface area contributed by atoms with Gasteiger partial charge in [0, 0.05) is 37.8 Å². The lowest BCUT2D eigenvalue weighted by molar-refractivity contribution is -0.137. The van der Waals surface area contributed by atoms with E-state index in [2.05, 4.69) is 24.0 Å². The van der Waals surface area contributed by atoms with Crippen LogP contribution in [0.25, 0.3) is 0 Å². The molecule has 5 heteroatoms. The van der Waals surface area contributed by atoms with E-state index in [1.165, 1.54) is 37.9 Å². The molecule has 3 aliphatic rings. The number of rotatable bonds is 4. The van der Waals surface area contributed by atoms with Gasteiger partial charge in [-0.25, -0.2) is 0 Å². The summed E-state index contributed by atoms with van der Waals surface area (Å²) in [4.78, 5) is 32.0. The number of hydrogen-bond acceptors (Lipinski definition) is 3. The van der Waals surface area contributed by atoms with E-state index in [0.29, 0.717) is 19.0 Å². The third-order valence-corrected chi connectivity index (χ3v) is 6.50. The maximum Gasteiger partial charge on any atom is 0.228 e. The molecule has 0 aromatic heterocycles. The minimum absolute atomic E-state index is 0.0747. The molecule has 0 saturated carbocycles. The van der Waals surface area contributed by atoms with Gasteiger partial charge in [-0.05, 0) is 62.9 Å². The zero-order valence-corrected chi connectivity index (χ0v) is 16.4. The summed E-state index contributed by atoms with van der Waals surface area (Å²) in [6.45, 7) is 6.69. The minimum Gasteiger partial charge on any atom is -0.341 e. The first-order valence-electron chi connectivity index (χ1n) is 10.6. The predicted molar refractivity (Wildman–Crippen MR) is 107 cm³/mol. The molecule has 27 heavy (non-hydrogen) atoms. The number of nitrogens with zero attached hydrogens (tertiary/aromatic N) is 3. The van der Waals surface area contributed by atoms with Crippen LogP contribution in [0, 0.1) is 5.92 Å². The minimum atomic E-state index is -0.194. The highest BCUT2D eigenvalue weighted by Crippen LogP contribution is 2.28. The lowest BCUT2D eigenvalue weighted by Gasteiger charge is -2.38. The molecule has 2 atom stereocenters. The third kappa shape index (κ3) is 3.88. The summed E-state index contributed by atoms with van der Waals surface area (Å²) in [5.74, 6) is 0.0614. The van der Waals surface area contributed by atoms with Crippen molar-refractivity contribution in [1.82, 2.24) is 9.80 Å². The molecule has 3 aliphatic heterocycles. The van der Waals surface area contributed by atoms with Crippen molar-refractivity contribution >= 4 is 17.5 Å². The first-order valence-corrected chi connectivity index (χ1v) is 10.6. The first-order chi connectivity index (χ1) is 13.2. The molecule has 146 valence electrons. The zero-order chi connectivity index (χ0) is 18.8. The van der Waals surface area contributed by atoms with Crippen molar-refractivity contribution in [3.05, 3.63) is 29.8 Å². The number of benzene rings is 1. The Hall–Kier alpha value is -1.88. The molecule has 0 spiro atoms. The molecular weight excluding hydrogens is 338 g/mol. The summed E-state index contributed by atoms with van der Waals surface area (Å²) >= 11 is 0. The van der Waals surface area contributed by atoms with Crippen LogP contribution in [0.5, 0.6) is 0 Å². The van der Waals surface area contributed by atoms with Gasteiger partial charge in [0.15, 0.2) is 0 Å². The number of aryl methyl sites for hydroxylation is 1. The number of anilines is 1. The average Bonchev–Trinajstić information content (AvgIpc) is 3.38. The van der Waals surface area contributed by atoms with Crippen molar-refractivity contribution in [2.75, 3.05) is 37.6 Å². The summed E-state index contributed by atoms with van der Waals surface area (Å²) in [5, 5.41) is 0. The van der Waals surface area contributed by atoms with Gasteiger partial charge in [0.2, 0.25) is 11.8 Å². The van der Waals surface area contributed by atoms with Crippen LogP contribution < -0.4 is 4.90 Å². The van der Waals surface area contributed by atoms with Crippen LogP contribution in [0.3, 0.4) is 0 Å². The van der Waals surface area contributed by atoms with Crippen LogP contribution in [0.15, 0.2) is 24.3 Å². The second-order valence-corrected chi connectivity index (χ2v) is 8.25. The number of likely N-dealkylation sites (tertiary alicyclic amines) is 2.